The predicted octanol–water partition coefficient (Wildman–Crippen LogP) is 3.87. The van der Waals surface area contributed by atoms with Gasteiger partial charge in [-0.05, 0) is 50.5 Å². The second kappa shape index (κ2) is 6.77. The number of hydrogen-bond donors (Lipinski definition) is 2. The van der Waals surface area contributed by atoms with Gasteiger partial charge in [0, 0.05) is 11.2 Å². The van der Waals surface area contributed by atoms with Crippen LogP contribution in [0.2, 0.25) is 0 Å². The maximum absolute atomic E-state index is 12.0. The van der Waals surface area contributed by atoms with Crippen molar-refractivity contribution >= 4 is 17.4 Å². The van der Waals surface area contributed by atoms with Gasteiger partial charge in [0.05, 0.1) is 0 Å². The highest BCUT2D eigenvalue weighted by atomic mass is 16.2. The number of nitrogens with one attached hydrogen (secondary N) is 2. The van der Waals surface area contributed by atoms with Crippen molar-refractivity contribution in [3.8, 4) is 0 Å². The topological polar surface area (TPSA) is 66.9 Å². The summed E-state index contributed by atoms with van der Waals surface area (Å²) in [5, 5.41) is 14.2. The highest BCUT2D eigenvalue weighted by Gasteiger charge is 2.16. The monoisotopic (exact) mass is 312 g/mol. The minimum absolute atomic E-state index is 0.223. The third kappa shape index (κ3) is 4.77. The third-order valence-corrected chi connectivity index (χ3v) is 3.23. The summed E-state index contributed by atoms with van der Waals surface area (Å²) >= 11 is 0. The number of para-hydroxylation sites is 1. The fraction of sp³-hybridized carbons (Fsp3) is 0.389. The fourth-order valence-electron chi connectivity index (χ4n) is 2.18. The van der Waals surface area contributed by atoms with Crippen molar-refractivity contribution < 1.29 is 4.79 Å². The molecule has 5 nitrogen and oxygen atoms in total. The molecule has 1 heterocycles. The largest absolute Gasteiger partial charge is 0.346 e. The second-order valence-corrected chi connectivity index (χ2v) is 6.87. The number of aromatic nitrogens is 2. The number of carbonyl (C=O) groups is 1. The summed E-state index contributed by atoms with van der Waals surface area (Å²) in [5.41, 5.74) is 2.22. The van der Waals surface area contributed by atoms with Gasteiger partial charge in [-0.1, -0.05) is 32.0 Å². The zero-order valence-electron chi connectivity index (χ0n) is 14.3. The smallest absolute Gasteiger partial charge is 0.272 e. The van der Waals surface area contributed by atoms with Gasteiger partial charge in [0.2, 0.25) is 0 Å². The van der Waals surface area contributed by atoms with Crippen LogP contribution >= 0.6 is 0 Å². The third-order valence-electron chi connectivity index (χ3n) is 3.23. The molecule has 0 aliphatic heterocycles. The van der Waals surface area contributed by atoms with Gasteiger partial charge in [0.1, 0.15) is 0 Å². The highest BCUT2D eigenvalue weighted by molar-refractivity contribution is 5.92. The number of rotatable bonds is 4. The number of anilines is 2. The molecule has 0 fully saturated rings. The van der Waals surface area contributed by atoms with E-state index in [9.17, 15) is 4.79 Å². The Bertz CT molecular complexity index is 672. The van der Waals surface area contributed by atoms with Gasteiger partial charge >= 0.3 is 0 Å². The van der Waals surface area contributed by atoms with Crippen molar-refractivity contribution in [3.63, 3.8) is 0 Å². The number of nitrogens with zero attached hydrogens (tertiary/aromatic N) is 2. The van der Waals surface area contributed by atoms with Crippen LogP contribution in [0.15, 0.2) is 36.4 Å². The van der Waals surface area contributed by atoms with Gasteiger partial charge in [-0.3, -0.25) is 4.79 Å². The van der Waals surface area contributed by atoms with E-state index in [4.69, 9.17) is 0 Å². The summed E-state index contributed by atoms with van der Waals surface area (Å²) in [6.07, 6.45) is 0. The molecule has 0 spiro atoms. The molecule has 0 saturated heterocycles. The molecular formula is C18H24N4O. The van der Waals surface area contributed by atoms with E-state index in [1.807, 2.05) is 39.0 Å². The van der Waals surface area contributed by atoms with Crippen molar-refractivity contribution in [3.05, 3.63) is 47.7 Å². The first-order valence-corrected chi connectivity index (χ1v) is 7.78. The molecule has 0 aliphatic rings. The van der Waals surface area contributed by atoms with E-state index in [1.54, 1.807) is 12.1 Å². The molecule has 2 N–H and O–H groups in total. The summed E-state index contributed by atoms with van der Waals surface area (Å²) < 4.78 is 0. The van der Waals surface area contributed by atoms with E-state index in [-0.39, 0.29) is 11.4 Å². The van der Waals surface area contributed by atoms with Crippen LogP contribution in [-0.2, 0) is 0 Å². The van der Waals surface area contributed by atoms with Crippen LogP contribution in [0.1, 0.15) is 56.6 Å². The fourth-order valence-corrected chi connectivity index (χ4v) is 2.18. The van der Waals surface area contributed by atoms with Crippen molar-refractivity contribution in [2.24, 2.45) is 0 Å². The van der Waals surface area contributed by atoms with E-state index in [0.717, 1.165) is 5.69 Å². The quantitative estimate of drug-likeness (QED) is 0.899. The molecule has 5 heteroatoms. The Hall–Kier alpha value is -2.43. The highest BCUT2D eigenvalue weighted by Crippen LogP contribution is 2.25. The normalized spacial score (nSPS) is 11.4. The van der Waals surface area contributed by atoms with Crippen LogP contribution in [-0.4, -0.2) is 21.6 Å². The average molecular weight is 312 g/mol. The molecule has 0 atom stereocenters. The molecule has 2 rings (SSSR count). The Balaban J connectivity index is 2.13. The first-order chi connectivity index (χ1) is 10.8. The van der Waals surface area contributed by atoms with Crippen LogP contribution in [0, 0.1) is 0 Å². The number of benzene rings is 1. The van der Waals surface area contributed by atoms with Gasteiger partial charge in [-0.15, -0.1) is 10.2 Å². The summed E-state index contributed by atoms with van der Waals surface area (Å²) in [7, 11) is 0. The van der Waals surface area contributed by atoms with Gasteiger partial charge in [0.25, 0.3) is 5.91 Å². The summed E-state index contributed by atoms with van der Waals surface area (Å²) in [6.45, 7) is 10.1. The lowest BCUT2D eigenvalue weighted by Crippen LogP contribution is -2.41. The zero-order valence-corrected chi connectivity index (χ0v) is 14.3. The Labute approximate surface area is 137 Å². The lowest BCUT2D eigenvalue weighted by Gasteiger charge is -2.20. The van der Waals surface area contributed by atoms with Crippen LogP contribution in [0.3, 0.4) is 0 Å². The standard InChI is InChI=1S/C18H24N4O/c1-12(2)13-8-6-7-9-14(13)19-16-11-10-15(21-22-16)17(23)20-18(3,4)5/h6-12H,1-5H3,(H,19,22)(H,20,23). The van der Waals surface area contributed by atoms with Crippen molar-refractivity contribution in [1.82, 2.24) is 15.5 Å². The van der Waals surface area contributed by atoms with Gasteiger partial charge in [0.15, 0.2) is 11.5 Å². The maximum Gasteiger partial charge on any atom is 0.272 e. The molecule has 1 amide bonds. The zero-order chi connectivity index (χ0) is 17.0. The van der Waals surface area contributed by atoms with E-state index < -0.39 is 0 Å². The predicted molar refractivity (Wildman–Crippen MR) is 93.1 cm³/mol. The number of carbonyl (C=O) groups excluding carboxylic acids is 1. The number of hydrogen-bond acceptors (Lipinski definition) is 4. The summed E-state index contributed by atoms with van der Waals surface area (Å²) in [5.74, 6) is 0.799. The average Bonchev–Trinajstić information content (AvgIpc) is 2.46. The van der Waals surface area contributed by atoms with E-state index >= 15 is 0 Å². The Morgan fingerprint density at radius 3 is 2.30 bits per heavy atom. The van der Waals surface area contributed by atoms with Crippen molar-refractivity contribution in [2.45, 2.75) is 46.1 Å². The summed E-state index contributed by atoms with van der Waals surface area (Å²) in [4.78, 5) is 12.0. The second-order valence-electron chi connectivity index (χ2n) is 6.87. The van der Waals surface area contributed by atoms with E-state index in [0.29, 0.717) is 17.4 Å². The van der Waals surface area contributed by atoms with Crippen LogP contribution in [0.25, 0.3) is 0 Å². The molecule has 1 aromatic carbocycles. The lowest BCUT2D eigenvalue weighted by atomic mass is 10.0. The lowest BCUT2D eigenvalue weighted by molar-refractivity contribution is 0.0913. The molecular weight excluding hydrogens is 288 g/mol. The molecule has 23 heavy (non-hydrogen) atoms. The summed E-state index contributed by atoms with van der Waals surface area (Å²) in [6, 6.07) is 11.5. The van der Waals surface area contributed by atoms with Gasteiger partial charge < -0.3 is 10.6 Å². The SMILES string of the molecule is CC(C)c1ccccc1Nc1ccc(C(=O)NC(C)(C)C)nn1. The minimum atomic E-state index is -0.300. The van der Waals surface area contributed by atoms with E-state index in [1.165, 1.54) is 5.56 Å². The van der Waals surface area contributed by atoms with Crippen LogP contribution in [0.4, 0.5) is 11.5 Å². The molecule has 0 saturated carbocycles. The number of amides is 1. The molecule has 2 aromatic rings. The van der Waals surface area contributed by atoms with Crippen LogP contribution in [0.5, 0.6) is 0 Å². The van der Waals surface area contributed by atoms with Crippen molar-refractivity contribution in [2.75, 3.05) is 5.32 Å². The van der Waals surface area contributed by atoms with E-state index in [2.05, 4.69) is 40.7 Å². The van der Waals surface area contributed by atoms with Crippen LogP contribution < -0.4 is 10.6 Å². The first kappa shape index (κ1) is 16.9. The Kier molecular flexibility index (Phi) is 4.98. The molecule has 0 radical (unpaired) electrons. The molecule has 0 unspecified atom stereocenters. The maximum atomic E-state index is 12.0. The Morgan fingerprint density at radius 1 is 1.04 bits per heavy atom. The Morgan fingerprint density at radius 2 is 1.74 bits per heavy atom. The minimum Gasteiger partial charge on any atom is -0.346 e. The molecule has 0 bridgehead atoms. The van der Waals surface area contributed by atoms with Gasteiger partial charge in [-0.25, -0.2) is 0 Å². The molecule has 1 aromatic heterocycles. The first-order valence-electron chi connectivity index (χ1n) is 7.78. The molecule has 122 valence electrons. The van der Waals surface area contributed by atoms with Crippen molar-refractivity contribution in [1.29, 1.82) is 0 Å². The van der Waals surface area contributed by atoms with Gasteiger partial charge in [-0.2, -0.15) is 0 Å². The molecule has 0 aliphatic carbocycles.